The van der Waals surface area contributed by atoms with Crippen LogP contribution in [0.3, 0.4) is 0 Å². The summed E-state index contributed by atoms with van der Waals surface area (Å²) in [5.74, 6) is 0.357. The van der Waals surface area contributed by atoms with Gasteiger partial charge in [0.2, 0.25) is 0 Å². The smallest absolute Gasteiger partial charge is 0.139 e. The maximum Gasteiger partial charge on any atom is 0.139 e. The second-order valence-corrected chi connectivity index (χ2v) is 8.77. The highest BCUT2D eigenvalue weighted by Gasteiger charge is 2.75. The maximum absolute atomic E-state index is 12.8. The van der Waals surface area contributed by atoms with E-state index in [0.29, 0.717) is 25.0 Å². The van der Waals surface area contributed by atoms with Crippen LogP contribution >= 0.6 is 0 Å². The van der Waals surface area contributed by atoms with E-state index >= 15 is 0 Å². The van der Waals surface area contributed by atoms with Crippen LogP contribution in [0.2, 0.25) is 0 Å². The number of hydrogen-bond acceptors (Lipinski definition) is 3. The van der Waals surface area contributed by atoms with Crippen LogP contribution in [0.5, 0.6) is 0 Å². The molecule has 0 aliphatic heterocycles. The Kier molecular flexibility index (Phi) is 3.91. The molecule has 3 nitrogen and oxygen atoms in total. The van der Waals surface area contributed by atoms with Crippen LogP contribution in [0, 0.1) is 22.7 Å². The predicted octanol–water partition coefficient (Wildman–Crippen LogP) is 3.82. The molecule has 0 aromatic carbocycles. The highest BCUT2D eigenvalue weighted by molar-refractivity contribution is 5.96. The minimum Gasteiger partial charge on any atom is -0.392 e. The molecule has 0 amide bonds. The Morgan fingerprint density at radius 1 is 0.783 bits per heavy atom. The first-order valence-corrected chi connectivity index (χ1v) is 9.84. The third-order valence-corrected chi connectivity index (χ3v) is 7.78. The molecule has 0 heterocycles. The monoisotopic (exact) mass is 318 g/mol. The van der Waals surface area contributed by atoms with Crippen LogP contribution < -0.4 is 0 Å². The molecule has 1 N–H and O–H groups in total. The molecule has 4 saturated carbocycles. The van der Waals surface area contributed by atoms with Crippen molar-refractivity contribution in [2.75, 3.05) is 0 Å². The lowest BCUT2D eigenvalue weighted by Gasteiger charge is -2.43. The van der Waals surface area contributed by atoms with Crippen LogP contribution in [-0.2, 0) is 9.59 Å². The van der Waals surface area contributed by atoms with E-state index in [1.165, 1.54) is 38.5 Å². The number of aliphatic hydroxyl groups excluding tert-OH is 1. The summed E-state index contributed by atoms with van der Waals surface area (Å²) in [7, 11) is 0. The van der Waals surface area contributed by atoms with Crippen LogP contribution in [-0.4, -0.2) is 22.8 Å². The summed E-state index contributed by atoms with van der Waals surface area (Å²) in [4.78, 5) is 25.5. The highest BCUT2D eigenvalue weighted by atomic mass is 16.3. The van der Waals surface area contributed by atoms with Gasteiger partial charge >= 0.3 is 0 Å². The number of carbonyl (C=O) groups excluding carboxylic acids is 2. The maximum atomic E-state index is 12.8. The van der Waals surface area contributed by atoms with Crippen LogP contribution in [0.15, 0.2) is 0 Å². The Hall–Kier alpha value is -0.700. The molecule has 3 heteroatoms. The van der Waals surface area contributed by atoms with Gasteiger partial charge in [0.15, 0.2) is 0 Å². The minimum absolute atomic E-state index is 0.0307. The Balaban J connectivity index is 1.72. The van der Waals surface area contributed by atoms with Crippen molar-refractivity contribution in [1.82, 2.24) is 0 Å². The van der Waals surface area contributed by atoms with Crippen molar-refractivity contribution in [2.45, 2.75) is 89.6 Å². The second-order valence-electron chi connectivity index (χ2n) is 8.77. The van der Waals surface area contributed by atoms with Gasteiger partial charge in [-0.05, 0) is 30.1 Å². The van der Waals surface area contributed by atoms with Gasteiger partial charge in [-0.25, -0.2) is 0 Å². The zero-order chi connectivity index (χ0) is 16.1. The van der Waals surface area contributed by atoms with Crippen LogP contribution in [0.1, 0.15) is 83.5 Å². The fraction of sp³-hybridized carbons (Fsp3) is 0.900. The SMILES string of the molecule is O=C1C[C@]23CCCCCCCCCC[C@]24[C@H]1CC(O)[C@@H]4C(=O)C3. The molecule has 4 aliphatic rings. The van der Waals surface area contributed by atoms with Crippen molar-refractivity contribution >= 4 is 11.6 Å². The van der Waals surface area contributed by atoms with Gasteiger partial charge in [-0.2, -0.15) is 0 Å². The molecule has 0 bridgehead atoms. The van der Waals surface area contributed by atoms with E-state index in [4.69, 9.17) is 0 Å². The molecule has 1 unspecified atom stereocenters. The largest absolute Gasteiger partial charge is 0.392 e. The minimum atomic E-state index is -0.563. The first kappa shape index (κ1) is 15.8. The molecule has 0 aromatic rings. The van der Waals surface area contributed by atoms with Crippen molar-refractivity contribution in [3.05, 3.63) is 0 Å². The molecular formula is C20H30O3. The standard InChI is InChI=1S/C20H30O3/c21-15-11-14-16(22)12-19-9-7-5-3-1-2-4-6-8-10-20(14,19)18(15)17(23)13-19/h14-15,18,21H,1-13H2/t14-,15?,18+,19-,20+/m0/s1. The van der Waals surface area contributed by atoms with Gasteiger partial charge in [0.05, 0.1) is 12.0 Å². The topological polar surface area (TPSA) is 54.4 Å². The molecule has 1 spiro atoms. The average molecular weight is 318 g/mol. The van der Waals surface area contributed by atoms with Crippen molar-refractivity contribution in [3.8, 4) is 0 Å². The fourth-order valence-electron chi connectivity index (χ4n) is 7.01. The van der Waals surface area contributed by atoms with Gasteiger partial charge in [-0.3, -0.25) is 9.59 Å². The lowest BCUT2D eigenvalue weighted by Crippen LogP contribution is -2.40. The number of hydrogen-bond donors (Lipinski definition) is 1. The van der Waals surface area contributed by atoms with Gasteiger partial charge in [0, 0.05) is 18.8 Å². The molecule has 0 aromatic heterocycles. The van der Waals surface area contributed by atoms with E-state index in [1.807, 2.05) is 0 Å². The molecule has 128 valence electrons. The fourth-order valence-corrected chi connectivity index (χ4v) is 7.01. The van der Waals surface area contributed by atoms with E-state index in [-0.39, 0.29) is 28.4 Å². The van der Waals surface area contributed by atoms with Gasteiger partial charge in [-0.1, -0.05) is 51.4 Å². The highest BCUT2D eigenvalue weighted by Crippen LogP contribution is 2.74. The van der Waals surface area contributed by atoms with Crippen molar-refractivity contribution < 1.29 is 14.7 Å². The average Bonchev–Trinajstić information content (AvgIpc) is 3.01. The zero-order valence-corrected chi connectivity index (χ0v) is 14.2. The Bertz CT molecular complexity index is 513. The molecular weight excluding hydrogens is 288 g/mol. The molecule has 4 aliphatic carbocycles. The molecule has 0 radical (unpaired) electrons. The third kappa shape index (κ3) is 2.11. The first-order chi connectivity index (χ1) is 11.1. The van der Waals surface area contributed by atoms with E-state index in [0.717, 1.165) is 25.7 Å². The summed E-state index contributed by atoms with van der Waals surface area (Å²) in [6.45, 7) is 0. The van der Waals surface area contributed by atoms with Crippen molar-refractivity contribution in [3.63, 3.8) is 0 Å². The van der Waals surface area contributed by atoms with Gasteiger partial charge < -0.3 is 5.11 Å². The van der Waals surface area contributed by atoms with Crippen molar-refractivity contribution in [2.24, 2.45) is 22.7 Å². The zero-order valence-electron chi connectivity index (χ0n) is 14.2. The van der Waals surface area contributed by atoms with E-state index in [1.54, 1.807) is 0 Å². The number of aliphatic hydroxyl groups is 1. The molecule has 23 heavy (non-hydrogen) atoms. The normalized spacial score (nSPS) is 47.8. The number of ketones is 2. The van der Waals surface area contributed by atoms with Crippen LogP contribution in [0.4, 0.5) is 0 Å². The quantitative estimate of drug-likeness (QED) is 0.739. The predicted molar refractivity (Wildman–Crippen MR) is 87.9 cm³/mol. The molecule has 5 atom stereocenters. The van der Waals surface area contributed by atoms with Gasteiger partial charge in [0.1, 0.15) is 11.6 Å². The lowest BCUT2D eigenvalue weighted by atomic mass is 9.59. The Labute approximate surface area is 139 Å². The summed E-state index contributed by atoms with van der Waals surface area (Å²) in [6, 6.07) is 0. The summed E-state index contributed by atoms with van der Waals surface area (Å²) < 4.78 is 0. The Morgan fingerprint density at radius 2 is 1.35 bits per heavy atom. The second kappa shape index (κ2) is 5.68. The first-order valence-electron chi connectivity index (χ1n) is 9.84. The lowest BCUT2D eigenvalue weighted by molar-refractivity contribution is -0.125. The van der Waals surface area contributed by atoms with E-state index < -0.39 is 6.10 Å². The van der Waals surface area contributed by atoms with Crippen molar-refractivity contribution in [1.29, 1.82) is 0 Å². The molecule has 4 fully saturated rings. The number of Topliss-reactive ketones (excluding diaryl/α,β-unsaturated/α-hetero) is 2. The third-order valence-electron chi connectivity index (χ3n) is 7.78. The Morgan fingerprint density at radius 3 is 2.04 bits per heavy atom. The summed E-state index contributed by atoms with van der Waals surface area (Å²) in [5, 5.41) is 10.6. The van der Waals surface area contributed by atoms with E-state index in [2.05, 4.69) is 0 Å². The molecule has 0 saturated heterocycles. The van der Waals surface area contributed by atoms with E-state index in [9.17, 15) is 14.7 Å². The number of carbonyl (C=O) groups is 2. The molecule has 4 rings (SSSR count). The summed E-state index contributed by atoms with van der Waals surface area (Å²) in [5.41, 5.74) is -0.285. The summed E-state index contributed by atoms with van der Waals surface area (Å²) >= 11 is 0. The van der Waals surface area contributed by atoms with Crippen LogP contribution in [0.25, 0.3) is 0 Å². The van der Waals surface area contributed by atoms with Gasteiger partial charge in [-0.15, -0.1) is 0 Å². The summed E-state index contributed by atoms with van der Waals surface area (Å²) in [6.07, 6.45) is 13.2. The number of rotatable bonds is 0. The van der Waals surface area contributed by atoms with Gasteiger partial charge in [0.25, 0.3) is 0 Å².